The average Bonchev–Trinajstić information content (AvgIpc) is 2.93. The standard InChI is InChI=1S/C19H16BrN3O2/c1-23-9-11-2-4-14(6-12(11)10-23)21-8-17-16-7-13(20)3-5-15(16)18(24)22-19(17)25/h2-8,21H,9-10H2,1H3,(H,22,24,25). The van der Waals surface area contributed by atoms with Crippen LogP contribution in [0.3, 0.4) is 0 Å². The van der Waals surface area contributed by atoms with E-state index in [0.29, 0.717) is 16.7 Å². The van der Waals surface area contributed by atoms with Gasteiger partial charge in [-0.3, -0.25) is 19.8 Å². The summed E-state index contributed by atoms with van der Waals surface area (Å²) in [6.07, 6.45) is 1.66. The number of amides is 2. The molecule has 0 spiro atoms. The Balaban J connectivity index is 1.67. The van der Waals surface area contributed by atoms with Crippen LogP contribution in [0.2, 0.25) is 0 Å². The molecule has 0 atom stereocenters. The maximum atomic E-state index is 12.3. The largest absolute Gasteiger partial charge is 0.361 e. The second-order valence-corrected chi connectivity index (χ2v) is 7.25. The Morgan fingerprint density at radius 1 is 1.04 bits per heavy atom. The maximum absolute atomic E-state index is 12.3. The van der Waals surface area contributed by atoms with Gasteiger partial charge in [-0.2, -0.15) is 0 Å². The smallest absolute Gasteiger partial charge is 0.260 e. The first-order valence-corrected chi connectivity index (χ1v) is 8.73. The van der Waals surface area contributed by atoms with Crippen LogP contribution in [0.25, 0.3) is 5.57 Å². The molecule has 2 aromatic rings. The van der Waals surface area contributed by atoms with Crippen molar-refractivity contribution in [1.82, 2.24) is 10.2 Å². The van der Waals surface area contributed by atoms with Gasteiger partial charge in [-0.05, 0) is 48.5 Å². The molecule has 2 aromatic carbocycles. The number of nitrogens with one attached hydrogen (secondary N) is 2. The van der Waals surface area contributed by atoms with Gasteiger partial charge in [0.05, 0.1) is 5.57 Å². The van der Waals surface area contributed by atoms with E-state index in [9.17, 15) is 9.59 Å². The van der Waals surface area contributed by atoms with E-state index < -0.39 is 5.91 Å². The number of nitrogens with zero attached hydrogens (tertiary/aromatic N) is 1. The number of carbonyl (C=O) groups excluding carboxylic acids is 2. The van der Waals surface area contributed by atoms with Gasteiger partial charge >= 0.3 is 0 Å². The molecule has 126 valence electrons. The van der Waals surface area contributed by atoms with Gasteiger partial charge in [-0.25, -0.2) is 0 Å². The van der Waals surface area contributed by atoms with E-state index in [1.807, 2.05) is 6.07 Å². The van der Waals surface area contributed by atoms with Crippen LogP contribution >= 0.6 is 15.9 Å². The highest BCUT2D eigenvalue weighted by Gasteiger charge is 2.27. The van der Waals surface area contributed by atoms with Crippen LogP contribution in [0, 0.1) is 0 Å². The van der Waals surface area contributed by atoms with Crippen molar-refractivity contribution < 1.29 is 9.59 Å². The molecule has 0 aliphatic carbocycles. The summed E-state index contributed by atoms with van der Waals surface area (Å²) < 4.78 is 0.820. The van der Waals surface area contributed by atoms with Crippen molar-refractivity contribution in [2.45, 2.75) is 13.1 Å². The summed E-state index contributed by atoms with van der Waals surface area (Å²) in [6, 6.07) is 11.5. The van der Waals surface area contributed by atoms with Crippen molar-refractivity contribution in [1.29, 1.82) is 0 Å². The number of fused-ring (bicyclic) bond motifs is 2. The lowest BCUT2D eigenvalue weighted by Gasteiger charge is -2.18. The number of hydrogen-bond donors (Lipinski definition) is 2. The monoisotopic (exact) mass is 397 g/mol. The van der Waals surface area contributed by atoms with Gasteiger partial charge in [0.25, 0.3) is 11.8 Å². The molecular weight excluding hydrogens is 382 g/mol. The lowest BCUT2D eigenvalue weighted by molar-refractivity contribution is -0.114. The molecule has 0 saturated carbocycles. The summed E-state index contributed by atoms with van der Waals surface area (Å²) >= 11 is 3.40. The molecule has 4 rings (SSSR count). The van der Waals surface area contributed by atoms with Crippen molar-refractivity contribution in [3.8, 4) is 0 Å². The molecule has 6 heteroatoms. The summed E-state index contributed by atoms with van der Waals surface area (Å²) in [5.74, 6) is -0.769. The van der Waals surface area contributed by atoms with E-state index >= 15 is 0 Å². The van der Waals surface area contributed by atoms with Crippen LogP contribution in [0.15, 0.2) is 47.1 Å². The van der Waals surface area contributed by atoms with Crippen LogP contribution in [0.1, 0.15) is 27.0 Å². The van der Waals surface area contributed by atoms with E-state index in [1.54, 1.807) is 24.4 Å². The van der Waals surface area contributed by atoms with E-state index in [0.717, 1.165) is 23.2 Å². The van der Waals surface area contributed by atoms with E-state index in [1.165, 1.54) is 11.1 Å². The molecule has 2 aliphatic heterocycles. The van der Waals surface area contributed by atoms with Crippen molar-refractivity contribution in [3.63, 3.8) is 0 Å². The number of carbonyl (C=O) groups is 2. The SMILES string of the molecule is CN1Cc2ccc(NC=C3C(=O)NC(=O)c4ccc(Br)cc43)cc2C1. The highest BCUT2D eigenvalue weighted by molar-refractivity contribution is 9.10. The van der Waals surface area contributed by atoms with Gasteiger partial charge in [0, 0.05) is 40.6 Å². The van der Waals surface area contributed by atoms with Crippen LogP contribution in [0.4, 0.5) is 5.69 Å². The van der Waals surface area contributed by atoms with Crippen molar-refractivity contribution in [2.75, 3.05) is 12.4 Å². The predicted molar refractivity (Wildman–Crippen MR) is 99.8 cm³/mol. The van der Waals surface area contributed by atoms with Crippen molar-refractivity contribution in [3.05, 3.63) is 69.3 Å². The second kappa shape index (κ2) is 6.13. The molecule has 2 N–H and O–H groups in total. The summed E-state index contributed by atoms with van der Waals surface area (Å²) in [5, 5.41) is 5.58. The fourth-order valence-corrected chi connectivity index (χ4v) is 3.61. The van der Waals surface area contributed by atoms with Crippen molar-refractivity contribution in [2.24, 2.45) is 0 Å². The minimum atomic E-state index is -0.399. The van der Waals surface area contributed by atoms with Crippen molar-refractivity contribution >= 4 is 39.0 Å². The van der Waals surface area contributed by atoms with Gasteiger partial charge in [-0.15, -0.1) is 0 Å². The lowest BCUT2D eigenvalue weighted by atomic mass is 9.95. The Hall–Kier alpha value is -2.44. The summed E-state index contributed by atoms with van der Waals surface area (Å²) in [7, 11) is 2.09. The lowest BCUT2D eigenvalue weighted by Crippen LogP contribution is -2.36. The molecule has 2 heterocycles. The van der Waals surface area contributed by atoms with Crippen LogP contribution in [-0.4, -0.2) is 23.8 Å². The fourth-order valence-electron chi connectivity index (χ4n) is 3.25. The molecule has 5 nitrogen and oxygen atoms in total. The van der Waals surface area contributed by atoms with Gasteiger partial charge < -0.3 is 5.32 Å². The number of rotatable bonds is 2. The van der Waals surface area contributed by atoms with Gasteiger partial charge in [0.2, 0.25) is 0 Å². The first-order valence-electron chi connectivity index (χ1n) is 7.94. The Bertz CT molecular complexity index is 936. The number of imide groups is 1. The number of anilines is 1. The Kier molecular flexibility index (Phi) is 3.94. The molecule has 2 aliphatic rings. The second-order valence-electron chi connectivity index (χ2n) is 6.33. The summed E-state index contributed by atoms with van der Waals surface area (Å²) in [4.78, 5) is 26.5. The predicted octanol–water partition coefficient (Wildman–Crippen LogP) is 3.12. The molecule has 0 fully saturated rings. The maximum Gasteiger partial charge on any atom is 0.260 e. The van der Waals surface area contributed by atoms with E-state index in [4.69, 9.17) is 0 Å². The normalized spacial score (nSPS) is 18.1. The van der Waals surface area contributed by atoms with E-state index in [-0.39, 0.29) is 5.91 Å². The molecule has 0 aromatic heterocycles. The first-order chi connectivity index (χ1) is 12.0. The number of hydrogen-bond acceptors (Lipinski definition) is 4. The molecular formula is C19H16BrN3O2. The van der Waals surface area contributed by atoms with Crippen LogP contribution in [-0.2, 0) is 17.9 Å². The molecule has 0 saturated heterocycles. The highest BCUT2D eigenvalue weighted by atomic mass is 79.9. The topological polar surface area (TPSA) is 61.4 Å². The molecule has 0 unspecified atom stereocenters. The quantitative estimate of drug-likeness (QED) is 0.603. The summed E-state index contributed by atoms with van der Waals surface area (Å²) in [5.41, 5.74) is 5.09. The van der Waals surface area contributed by atoms with Gasteiger partial charge in [-0.1, -0.05) is 22.0 Å². The Morgan fingerprint density at radius 3 is 2.68 bits per heavy atom. The molecule has 25 heavy (non-hydrogen) atoms. The summed E-state index contributed by atoms with van der Waals surface area (Å²) in [6.45, 7) is 1.88. The zero-order valence-corrected chi connectivity index (χ0v) is 15.2. The van der Waals surface area contributed by atoms with E-state index in [2.05, 4.69) is 50.6 Å². The molecule has 2 amide bonds. The van der Waals surface area contributed by atoms with Gasteiger partial charge in [0.1, 0.15) is 0 Å². The third kappa shape index (κ3) is 2.99. The van der Waals surface area contributed by atoms with Crippen LogP contribution in [0.5, 0.6) is 0 Å². The zero-order valence-electron chi connectivity index (χ0n) is 13.6. The molecule has 0 bridgehead atoms. The van der Waals surface area contributed by atoms with Gasteiger partial charge in [0.15, 0.2) is 0 Å². The van der Waals surface area contributed by atoms with Crippen LogP contribution < -0.4 is 10.6 Å². The third-order valence-electron chi connectivity index (χ3n) is 4.46. The zero-order chi connectivity index (χ0) is 17.6. The number of benzene rings is 2. The minimum absolute atomic E-state index is 0.370. The fraction of sp³-hybridized carbons (Fsp3) is 0.158. The Labute approximate surface area is 153 Å². The average molecular weight is 398 g/mol. The number of halogens is 1. The highest BCUT2D eigenvalue weighted by Crippen LogP contribution is 2.28. The first kappa shape index (κ1) is 16.1. The third-order valence-corrected chi connectivity index (χ3v) is 4.95. The Morgan fingerprint density at radius 2 is 1.84 bits per heavy atom. The minimum Gasteiger partial charge on any atom is -0.361 e. The molecule has 0 radical (unpaired) electrons.